The van der Waals surface area contributed by atoms with E-state index in [2.05, 4.69) is 31.0 Å². The van der Waals surface area contributed by atoms with Crippen molar-refractivity contribution in [1.82, 2.24) is 25.4 Å². The molecule has 2 aromatic heterocycles. The Morgan fingerprint density at radius 2 is 2.07 bits per heavy atom. The molecule has 0 aliphatic heterocycles. The average molecular weight is 515 g/mol. The predicted octanol–water partition coefficient (Wildman–Crippen LogP) is 1.53. The molecule has 10 heteroatoms. The average Bonchev–Trinajstić information content (AvgIpc) is 3.09. The molecule has 1 unspecified atom stereocenters. The van der Waals surface area contributed by atoms with E-state index in [1.165, 1.54) is 0 Å². The first-order chi connectivity index (χ1) is 13.3. The van der Waals surface area contributed by atoms with Crippen LogP contribution < -0.4 is 16.0 Å². The van der Waals surface area contributed by atoms with Gasteiger partial charge in [-0.15, -0.1) is 24.0 Å². The molecule has 0 aromatic carbocycles. The number of anilines is 1. The van der Waals surface area contributed by atoms with E-state index >= 15 is 0 Å². The summed E-state index contributed by atoms with van der Waals surface area (Å²) in [5.74, 6) is 0.929. The van der Waals surface area contributed by atoms with Gasteiger partial charge in [0.25, 0.3) is 0 Å². The van der Waals surface area contributed by atoms with Crippen molar-refractivity contribution in [1.29, 1.82) is 0 Å². The highest BCUT2D eigenvalue weighted by Gasteiger charge is 2.24. The van der Waals surface area contributed by atoms with Crippen LogP contribution in [0.3, 0.4) is 0 Å². The fraction of sp³-hybridized carbons (Fsp3) is 0.474. The van der Waals surface area contributed by atoms with Crippen molar-refractivity contribution in [3.63, 3.8) is 0 Å². The van der Waals surface area contributed by atoms with Crippen molar-refractivity contribution < 1.29 is 9.90 Å². The smallest absolute Gasteiger partial charge is 0.227 e. The fourth-order valence-corrected chi connectivity index (χ4v) is 2.41. The lowest BCUT2D eigenvalue weighted by atomic mass is 10.0. The maximum atomic E-state index is 12.0. The van der Waals surface area contributed by atoms with Crippen molar-refractivity contribution in [2.45, 2.75) is 32.8 Å². The fourth-order valence-electron chi connectivity index (χ4n) is 2.41. The minimum atomic E-state index is -1.13. The number of halogens is 1. The Hall–Kier alpha value is -2.21. The van der Waals surface area contributed by atoms with Gasteiger partial charge in [-0.3, -0.25) is 9.48 Å². The Morgan fingerprint density at radius 3 is 2.66 bits per heavy atom. The molecular formula is C19H30IN7O2. The highest BCUT2D eigenvalue weighted by Crippen LogP contribution is 2.19. The second-order valence-electron chi connectivity index (χ2n) is 6.82. The quantitative estimate of drug-likeness (QED) is 0.241. The number of hydrogen-bond acceptors (Lipinski definition) is 5. The minimum Gasteiger partial charge on any atom is -0.383 e. The standard InChI is InChI=1S/C19H29N7O2.HI/c1-5-20-18(23-13-19(3,28)15-11-24-26(4)12-15)21-9-8-17(27)25-16-7-6-14(2)10-22-16;/h6-7,10-12,28H,5,8-9,13H2,1-4H3,(H2,20,21,23)(H,22,25,27);1H. The summed E-state index contributed by atoms with van der Waals surface area (Å²) in [6.07, 6.45) is 5.36. The van der Waals surface area contributed by atoms with E-state index in [9.17, 15) is 9.90 Å². The molecule has 9 nitrogen and oxygen atoms in total. The Balaban J connectivity index is 0.00000420. The molecule has 0 saturated heterocycles. The number of carbonyl (C=O) groups is 1. The van der Waals surface area contributed by atoms with Gasteiger partial charge in [-0.1, -0.05) is 6.07 Å². The summed E-state index contributed by atoms with van der Waals surface area (Å²) in [5.41, 5.74) is 0.596. The lowest BCUT2D eigenvalue weighted by molar-refractivity contribution is -0.116. The third-order valence-electron chi connectivity index (χ3n) is 4.04. The first kappa shape index (κ1) is 24.8. The summed E-state index contributed by atoms with van der Waals surface area (Å²) in [6.45, 7) is 6.81. The largest absolute Gasteiger partial charge is 0.383 e. The topological polar surface area (TPSA) is 116 Å². The molecule has 2 aromatic rings. The van der Waals surface area contributed by atoms with E-state index < -0.39 is 5.60 Å². The van der Waals surface area contributed by atoms with Gasteiger partial charge in [0, 0.05) is 44.5 Å². The van der Waals surface area contributed by atoms with Crippen LogP contribution in [0.25, 0.3) is 0 Å². The third-order valence-corrected chi connectivity index (χ3v) is 4.04. The molecule has 0 bridgehead atoms. The lowest BCUT2D eigenvalue weighted by Crippen LogP contribution is -2.40. The summed E-state index contributed by atoms with van der Waals surface area (Å²) in [7, 11) is 1.80. The number of aromatic nitrogens is 3. The third kappa shape index (κ3) is 8.36. The zero-order valence-electron chi connectivity index (χ0n) is 17.3. The summed E-state index contributed by atoms with van der Waals surface area (Å²) < 4.78 is 1.64. The molecule has 0 fully saturated rings. The van der Waals surface area contributed by atoms with E-state index in [1.54, 1.807) is 43.3 Å². The summed E-state index contributed by atoms with van der Waals surface area (Å²) in [5, 5.41) is 23.7. The van der Waals surface area contributed by atoms with Gasteiger partial charge < -0.3 is 21.1 Å². The van der Waals surface area contributed by atoms with E-state index in [1.807, 2.05) is 19.9 Å². The molecule has 2 rings (SSSR count). The SMILES string of the molecule is CCNC(=NCC(C)(O)c1cnn(C)c1)NCCC(=O)Nc1ccc(C)cn1.I. The van der Waals surface area contributed by atoms with Crippen LogP contribution in [0.5, 0.6) is 0 Å². The van der Waals surface area contributed by atoms with Crippen LogP contribution in [0.4, 0.5) is 5.82 Å². The van der Waals surface area contributed by atoms with Crippen molar-refractivity contribution in [3.05, 3.63) is 41.9 Å². The molecule has 2 heterocycles. The summed E-state index contributed by atoms with van der Waals surface area (Å²) in [4.78, 5) is 20.6. The van der Waals surface area contributed by atoms with Gasteiger partial charge in [0.05, 0.1) is 12.7 Å². The number of rotatable bonds is 8. The molecule has 160 valence electrons. The Bertz CT molecular complexity index is 803. The number of hydrogen-bond donors (Lipinski definition) is 4. The van der Waals surface area contributed by atoms with Crippen LogP contribution in [0, 0.1) is 6.92 Å². The van der Waals surface area contributed by atoms with Gasteiger partial charge in [0.15, 0.2) is 5.96 Å². The van der Waals surface area contributed by atoms with E-state index in [0.717, 1.165) is 5.56 Å². The van der Waals surface area contributed by atoms with E-state index in [0.29, 0.717) is 30.4 Å². The maximum Gasteiger partial charge on any atom is 0.227 e. The number of nitrogens with one attached hydrogen (secondary N) is 3. The van der Waals surface area contributed by atoms with Gasteiger partial charge >= 0.3 is 0 Å². The highest BCUT2D eigenvalue weighted by atomic mass is 127. The molecular weight excluding hydrogens is 485 g/mol. The first-order valence-corrected chi connectivity index (χ1v) is 9.26. The zero-order chi connectivity index (χ0) is 20.6. The van der Waals surface area contributed by atoms with Gasteiger partial charge in [-0.25, -0.2) is 9.98 Å². The molecule has 1 atom stereocenters. The Labute approximate surface area is 188 Å². The van der Waals surface area contributed by atoms with Crippen molar-refractivity contribution in [2.24, 2.45) is 12.0 Å². The molecule has 0 aliphatic rings. The Kier molecular flexibility index (Phi) is 10.0. The number of pyridine rings is 1. The van der Waals surface area contributed by atoms with Crippen LogP contribution >= 0.6 is 24.0 Å². The Morgan fingerprint density at radius 1 is 1.31 bits per heavy atom. The van der Waals surface area contributed by atoms with Gasteiger partial charge in [-0.05, 0) is 32.4 Å². The van der Waals surface area contributed by atoms with Crippen molar-refractivity contribution in [2.75, 3.05) is 25.0 Å². The number of guanidine groups is 1. The number of aliphatic imine (C=N–C) groups is 1. The van der Waals surface area contributed by atoms with Gasteiger partial charge in [-0.2, -0.15) is 5.10 Å². The minimum absolute atomic E-state index is 0. The predicted molar refractivity (Wildman–Crippen MR) is 124 cm³/mol. The molecule has 4 N–H and O–H groups in total. The van der Waals surface area contributed by atoms with Gasteiger partial charge in [0.1, 0.15) is 11.4 Å². The molecule has 29 heavy (non-hydrogen) atoms. The van der Waals surface area contributed by atoms with Crippen molar-refractivity contribution in [3.8, 4) is 0 Å². The molecule has 0 radical (unpaired) electrons. The van der Waals surface area contributed by atoms with Gasteiger partial charge in [0.2, 0.25) is 5.91 Å². The normalized spacial score (nSPS) is 13.2. The van der Waals surface area contributed by atoms with Crippen LogP contribution in [-0.2, 0) is 17.4 Å². The molecule has 0 aliphatic carbocycles. The summed E-state index contributed by atoms with van der Waals surface area (Å²) in [6, 6.07) is 3.66. The van der Waals surface area contributed by atoms with Crippen LogP contribution in [-0.4, -0.2) is 51.4 Å². The number of aliphatic hydroxyl groups is 1. The summed E-state index contributed by atoms with van der Waals surface area (Å²) >= 11 is 0. The number of aryl methyl sites for hydroxylation is 2. The molecule has 0 spiro atoms. The molecule has 1 amide bonds. The van der Waals surface area contributed by atoms with Crippen molar-refractivity contribution >= 4 is 41.7 Å². The van der Waals surface area contributed by atoms with Crippen LogP contribution in [0.15, 0.2) is 35.7 Å². The molecule has 0 saturated carbocycles. The number of carbonyl (C=O) groups excluding carboxylic acids is 1. The number of amides is 1. The second-order valence-corrected chi connectivity index (χ2v) is 6.82. The zero-order valence-corrected chi connectivity index (χ0v) is 19.6. The second kappa shape index (κ2) is 11.7. The van der Waals surface area contributed by atoms with E-state index in [-0.39, 0.29) is 42.8 Å². The van der Waals surface area contributed by atoms with Crippen LogP contribution in [0.2, 0.25) is 0 Å². The lowest BCUT2D eigenvalue weighted by Gasteiger charge is -2.20. The maximum absolute atomic E-state index is 12.0. The highest BCUT2D eigenvalue weighted by molar-refractivity contribution is 14.0. The first-order valence-electron chi connectivity index (χ1n) is 9.26. The monoisotopic (exact) mass is 515 g/mol. The van der Waals surface area contributed by atoms with E-state index in [4.69, 9.17) is 0 Å². The van der Waals surface area contributed by atoms with Crippen LogP contribution in [0.1, 0.15) is 31.4 Å². The number of nitrogens with zero attached hydrogens (tertiary/aromatic N) is 4.